The maximum atomic E-state index is 12.6. The third kappa shape index (κ3) is 4.18. The lowest BCUT2D eigenvalue weighted by Gasteiger charge is -2.38. The molecule has 3 N–H and O–H groups in total. The summed E-state index contributed by atoms with van der Waals surface area (Å²) in [6.45, 7) is 0.593. The fourth-order valence-electron chi connectivity index (χ4n) is 3.99. The Labute approximate surface area is 160 Å². The Morgan fingerprint density at radius 1 is 1.04 bits per heavy atom. The molecule has 1 aliphatic rings. The molecule has 0 spiro atoms. The van der Waals surface area contributed by atoms with Crippen LogP contribution in [0.5, 0.6) is 11.5 Å². The second-order valence-electron chi connectivity index (χ2n) is 7.22. The van der Waals surface area contributed by atoms with Crippen molar-refractivity contribution in [3.8, 4) is 11.5 Å². The molecule has 0 aliphatic heterocycles. The molecule has 2 aromatic carbocycles. The van der Waals surface area contributed by atoms with Crippen molar-refractivity contribution < 1.29 is 14.3 Å². The number of carbonyl (C=O) groups is 1. The second-order valence-corrected chi connectivity index (χ2v) is 7.22. The zero-order valence-electron chi connectivity index (χ0n) is 16.1. The highest BCUT2D eigenvalue weighted by atomic mass is 16.5. The van der Waals surface area contributed by atoms with Gasteiger partial charge in [0.1, 0.15) is 0 Å². The summed E-state index contributed by atoms with van der Waals surface area (Å²) >= 11 is 0. The van der Waals surface area contributed by atoms with Crippen LogP contribution in [-0.2, 0) is 5.41 Å². The predicted molar refractivity (Wildman–Crippen MR) is 107 cm³/mol. The number of nitrogen functional groups attached to an aromatic ring is 1. The molecular formula is C22H28N2O3. The molecule has 1 fully saturated rings. The van der Waals surface area contributed by atoms with E-state index < -0.39 is 0 Å². The summed E-state index contributed by atoms with van der Waals surface area (Å²) in [5.41, 5.74) is 8.09. The van der Waals surface area contributed by atoms with Crippen LogP contribution >= 0.6 is 0 Å². The molecule has 1 amide bonds. The topological polar surface area (TPSA) is 73.6 Å². The van der Waals surface area contributed by atoms with Gasteiger partial charge in [0.05, 0.1) is 14.2 Å². The number of nitrogens with two attached hydrogens (primary N) is 1. The van der Waals surface area contributed by atoms with E-state index in [1.807, 2.05) is 6.07 Å². The average molecular weight is 368 g/mol. The number of hydrogen-bond acceptors (Lipinski definition) is 4. The smallest absolute Gasteiger partial charge is 0.251 e. The lowest BCUT2D eigenvalue weighted by Crippen LogP contribution is -2.42. The average Bonchev–Trinajstić information content (AvgIpc) is 2.72. The van der Waals surface area contributed by atoms with Crippen molar-refractivity contribution in [1.29, 1.82) is 0 Å². The molecular weight excluding hydrogens is 340 g/mol. The Kier molecular flexibility index (Phi) is 5.89. The summed E-state index contributed by atoms with van der Waals surface area (Å²) < 4.78 is 10.9. The van der Waals surface area contributed by atoms with Gasteiger partial charge in [-0.2, -0.15) is 0 Å². The highest BCUT2D eigenvalue weighted by Gasteiger charge is 2.35. The van der Waals surface area contributed by atoms with Crippen molar-refractivity contribution in [3.63, 3.8) is 0 Å². The van der Waals surface area contributed by atoms with Crippen molar-refractivity contribution >= 4 is 11.6 Å². The van der Waals surface area contributed by atoms with E-state index in [0.29, 0.717) is 17.8 Å². The molecule has 3 rings (SSSR count). The molecule has 0 saturated heterocycles. The maximum absolute atomic E-state index is 12.6. The maximum Gasteiger partial charge on any atom is 0.251 e. The van der Waals surface area contributed by atoms with E-state index in [0.717, 1.165) is 37.2 Å². The van der Waals surface area contributed by atoms with Crippen LogP contribution in [0.4, 0.5) is 5.69 Å². The lowest BCUT2D eigenvalue weighted by atomic mass is 9.69. The van der Waals surface area contributed by atoms with Crippen LogP contribution in [-0.4, -0.2) is 26.7 Å². The summed E-state index contributed by atoms with van der Waals surface area (Å²) in [5, 5.41) is 3.13. The number of anilines is 1. The fraction of sp³-hybridized carbons (Fsp3) is 0.409. The minimum atomic E-state index is -0.0901. The Balaban J connectivity index is 1.84. The fourth-order valence-corrected chi connectivity index (χ4v) is 3.99. The Morgan fingerprint density at radius 2 is 1.78 bits per heavy atom. The molecule has 2 aromatic rings. The molecule has 27 heavy (non-hydrogen) atoms. The molecule has 0 radical (unpaired) electrons. The van der Waals surface area contributed by atoms with E-state index in [1.165, 1.54) is 12.0 Å². The number of ether oxygens (including phenoxy) is 2. The number of rotatable bonds is 6. The standard InChI is InChI=1S/C22H28N2O3/c1-26-19-10-9-17(14-20(19)27-2)22(11-4-3-5-12-22)15-24-21(25)16-7-6-8-18(23)13-16/h6-10,13-14H,3-5,11-12,15,23H2,1-2H3,(H,24,25). The highest BCUT2D eigenvalue weighted by Crippen LogP contribution is 2.42. The van der Waals surface area contributed by atoms with Crippen molar-refractivity contribution in [2.75, 3.05) is 26.5 Å². The summed E-state index contributed by atoms with van der Waals surface area (Å²) in [5.74, 6) is 1.35. The molecule has 5 heteroatoms. The Morgan fingerprint density at radius 3 is 2.44 bits per heavy atom. The summed E-state index contributed by atoms with van der Waals surface area (Å²) in [6.07, 6.45) is 5.63. The minimum Gasteiger partial charge on any atom is -0.493 e. The van der Waals surface area contributed by atoms with Gasteiger partial charge >= 0.3 is 0 Å². The van der Waals surface area contributed by atoms with Gasteiger partial charge in [0.2, 0.25) is 0 Å². The Hall–Kier alpha value is -2.69. The quantitative estimate of drug-likeness (QED) is 0.758. The molecule has 5 nitrogen and oxygen atoms in total. The highest BCUT2D eigenvalue weighted by molar-refractivity contribution is 5.95. The Bertz CT molecular complexity index is 798. The van der Waals surface area contributed by atoms with E-state index in [-0.39, 0.29) is 11.3 Å². The van der Waals surface area contributed by atoms with E-state index in [2.05, 4.69) is 17.4 Å². The van der Waals surface area contributed by atoms with Crippen molar-refractivity contribution in [1.82, 2.24) is 5.32 Å². The number of methoxy groups -OCH3 is 2. The molecule has 1 aliphatic carbocycles. The van der Waals surface area contributed by atoms with E-state index >= 15 is 0 Å². The van der Waals surface area contributed by atoms with Crippen LogP contribution in [0.3, 0.4) is 0 Å². The first-order valence-corrected chi connectivity index (χ1v) is 9.44. The summed E-state index contributed by atoms with van der Waals surface area (Å²) in [7, 11) is 3.29. The van der Waals surface area contributed by atoms with Gasteiger partial charge in [0.25, 0.3) is 5.91 Å². The second kappa shape index (κ2) is 8.33. The SMILES string of the molecule is COc1ccc(C2(CNC(=O)c3cccc(N)c3)CCCCC2)cc1OC. The van der Waals surface area contributed by atoms with Gasteiger partial charge in [-0.25, -0.2) is 0 Å². The van der Waals surface area contributed by atoms with Crippen LogP contribution in [0.25, 0.3) is 0 Å². The molecule has 144 valence electrons. The van der Waals surface area contributed by atoms with Gasteiger partial charge in [-0.3, -0.25) is 4.79 Å². The lowest BCUT2D eigenvalue weighted by molar-refractivity contribution is 0.0936. The third-order valence-electron chi connectivity index (χ3n) is 5.54. The number of amides is 1. The van der Waals surface area contributed by atoms with Gasteiger partial charge in [-0.1, -0.05) is 31.4 Å². The van der Waals surface area contributed by atoms with Crippen LogP contribution in [0.2, 0.25) is 0 Å². The first-order chi connectivity index (χ1) is 13.1. The predicted octanol–water partition coefficient (Wildman–Crippen LogP) is 3.92. The van der Waals surface area contributed by atoms with Crippen molar-refractivity contribution in [3.05, 3.63) is 53.6 Å². The number of carbonyl (C=O) groups excluding carboxylic acids is 1. The molecule has 0 atom stereocenters. The van der Waals surface area contributed by atoms with Gasteiger partial charge in [0.15, 0.2) is 11.5 Å². The van der Waals surface area contributed by atoms with E-state index in [4.69, 9.17) is 15.2 Å². The van der Waals surface area contributed by atoms with Crippen molar-refractivity contribution in [2.24, 2.45) is 0 Å². The van der Waals surface area contributed by atoms with E-state index in [9.17, 15) is 4.79 Å². The molecule has 0 heterocycles. The zero-order valence-corrected chi connectivity index (χ0v) is 16.1. The van der Waals surface area contributed by atoms with Crippen LogP contribution < -0.4 is 20.5 Å². The number of benzene rings is 2. The molecule has 0 bridgehead atoms. The largest absolute Gasteiger partial charge is 0.493 e. The van der Waals surface area contributed by atoms with Crippen LogP contribution in [0, 0.1) is 0 Å². The molecule has 1 saturated carbocycles. The van der Waals surface area contributed by atoms with Crippen molar-refractivity contribution in [2.45, 2.75) is 37.5 Å². The van der Waals surface area contributed by atoms with Gasteiger partial charge < -0.3 is 20.5 Å². The normalized spacial score (nSPS) is 15.8. The number of nitrogens with one attached hydrogen (secondary N) is 1. The monoisotopic (exact) mass is 368 g/mol. The van der Waals surface area contributed by atoms with Gasteiger partial charge in [-0.15, -0.1) is 0 Å². The van der Waals surface area contributed by atoms with Crippen LogP contribution in [0.1, 0.15) is 48.0 Å². The van der Waals surface area contributed by atoms with E-state index in [1.54, 1.807) is 38.5 Å². The zero-order chi connectivity index (χ0) is 19.3. The third-order valence-corrected chi connectivity index (χ3v) is 5.54. The summed E-state index contributed by atoms with van der Waals surface area (Å²) in [4.78, 5) is 12.6. The number of hydrogen-bond donors (Lipinski definition) is 2. The molecule has 0 aromatic heterocycles. The minimum absolute atomic E-state index is 0.0895. The first kappa shape index (κ1) is 19.1. The van der Waals surface area contributed by atoms with Gasteiger partial charge in [0, 0.05) is 23.2 Å². The first-order valence-electron chi connectivity index (χ1n) is 9.44. The molecule has 0 unspecified atom stereocenters. The summed E-state index contributed by atoms with van der Waals surface area (Å²) in [6, 6.07) is 13.2. The van der Waals surface area contributed by atoms with Gasteiger partial charge in [-0.05, 0) is 48.7 Å². The van der Waals surface area contributed by atoms with Crippen LogP contribution in [0.15, 0.2) is 42.5 Å².